The predicted molar refractivity (Wildman–Crippen MR) is 87.6 cm³/mol. The van der Waals surface area contributed by atoms with Crippen LogP contribution in [0.5, 0.6) is 0 Å². The van der Waals surface area contributed by atoms with Gasteiger partial charge in [0.15, 0.2) is 0 Å². The molecule has 8 heteroatoms. The Bertz CT molecular complexity index is 611. The first kappa shape index (κ1) is 19.1. The van der Waals surface area contributed by atoms with Crippen LogP contribution in [0.15, 0.2) is 24.3 Å². The number of esters is 1. The van der Waals surface area contributed by atoms with Crippen molar-refractivity contribution in [3.05, 3.63) is 29.8 Å². The number of hydrogen-bond donors (Lipinski definition) is 3. The Balaban J connectivity index is 2.33. The van der Waals surface area contributed by atoms with E-state index in [1.165, 1.54) is 0 Å². The Morgan fingerprint density at radius 1 is 1.17 bits per heavy atom. The van der Waals surface area contributed by atoms with E-state index in [0.29, 0.717) is 11.3 Å². The highest BCUT2D eigenvalue weighted by molar-refractivity contribution is 5.96. The highest BCUT2D eigenvalue weighted by Crippen LogP contribution is 2.10. The molecule has 1 rings (SSSR count). The van der Waals surface area contributed by atoms with Gasteiger partial charge in [0.25, 0.3) is 0 Å². The molecule has 0 heterocycles. The number of amides is 1. The Hall–Kier alpha value is -2.90. The molecule has 0 unspecified atom stereocenters. The molecule has 24 heavy (non-hydrogen) atoms. The second-order valence-corrected chi connectivity index (χ2v) is 5.47. The van der Waals surface area contributed by atoms with Crippen molar-refractivity contribution in [2.75, 3.05) is 11.9 Å². The zero-order valence-corrected chi connectivity index (χ0v) is 13.6. The maximum atomic E-state index is 11.7. The highest BCUT2D eigenvalue weighted by atomic mass is 16.7. The molecule has 0 saturated heterocycles. The Morgan fingerprint density at radius 3 is 2.33 bits per heavy atom. The van der Waals surface area contributed by atoms with Crippen LogP contribution >= 0.6 is 0 Å². The molecule has 0 atom stereocenters. The predicted octanol–water partition coefficient (Wildman–Crippen LogP) is 2.03. The summed E-state index contributed by atoms with van der Waals surface area (Å²) >= 11 is 0. The summed E-state index contributed by atoms with van der Waals surface area (Å²) in [4.78, 5) is 34.4. The number of nitrogens with one attached hydrogen (secondary N) is 2. The maximum Gasteiger partial charge on any atom is 0.516 e. The molecule has 0 bridgehead atoms. The molecule has 0 radical (unpaired) electrons. The third-order valence-electron chi connectivity index (χ3n) is 2.77. The molecule has 0 aliphatic heterocycles. The summed E-state index contributed by atoms with van der Waals surface area (Å²) in [7, 11) is 0. The highest BCUT2D eigenvalue weighted by Gasteiger charge is 2.14. The van der Waals surface area contributed by atoms with Crippen molar-refractivity contribution in [2.24, 2.45) is 11.7 Å². The summed E-state index contributed by atoms with van der Waals surface area (Å²) in [6.07, 6.45) is -1.44. The van der Waals surface area contributed by atoms with E-state index in [1.807, 2.05) is 13.8 Å². The second kappa shape index (κ2) is 9.29. The number of rotatable bonds is 7. The van der Waals surface area contributed by atoms with Crippen LogP contribution in [0.4, 0.5) is 10.5 Å². The van der Waals surface area contributed by atoms with Crippen LogP contribution < -0.4 is 11.1 Å². The van der Waals surface area contributed by atoms with E-state index in [2.05, 4.69) is 10.1 Å². The van der Waals surface area contributed by atoms with Crippen LogP contribution in [0.1, 0.15) is 32.3 Å². The van der Waals surface area contributed by atoms with Gasteiger partial charge in [-0.15, -0.1) is 0 Å². The molecule has 0 aromatic heterocycles. The lowest BCUT2D eigenvalue weighted by atomic mass is 10.2. The number of anilines is 1. The summed E-state index contributed by atoms with van der Waals surface area (Å²) in [5, 5.41) is 9.85. The SMILES string of the molecule is CC(C)COC(=O)OC(=O)CCC(=O)Nc1ccc(C(=N)N)cc1. The minimum atomic E-state index is -1.06. The molecule has 1 amide bonds. The number of nitrogen functional groups attached to an aromatic ring is 1. The molecule has 0 spiro atoms. The zero-order valence-electron chi connectivity index (χ0n) is 13.6. The molecule has 8 nitrogen and oxygen atoms in total. The maximum absolute atomic E-state index is 11.7. The molecular formula is C16H21N3O5. The van der Waals surface area contributed by atoms with Crippen LogP contribution in [-0.4, -0.2) is 30.5 Å². The molecule has 4 N–H and O–H groups in total. The van der Waals surface area contributed by atoms with Crippen molar-refractivity contribution in [3.8, 4) is 0 Å². The minimum Gasteiger partial charge on any atom is -0.434 e. The number of carbonyl (C=O) groups excluding carboxylic acids is 3. The van der Waals surface area contributed by atoms with Crippen molar-refractivity contribution in [1.29, 1.82) is 5.41 Å². The molecule has 1 aromatic rings. The molecule has 0 saturated carbocycles. The molecule has 130 valence electrons. The Kier molecular flexibility index (Phi) is 7.41. The lowest BCUT2D eigenvalue weighted by Gasteiger charge is -2.07. The average molecular weight is 335 g/mol. The summed E-state index contributed by atoms with van der Waals surface area (Å²) in [5.74, 6) is -1.17. The van der Waals surface area contributed by atoms with Gasteiger partial charge >= 0.3 is 12.1 Å². The third-order valence-corrected chi connectivity index (χ3v) is 2.77. The normalized spacial score (nSPS) is 10.1. The van der Waals surface area contributed by atoms with Crippen LogP contribution in [0.25, 0.3) is 0 Å². The monoisotopic (exact) mass is 335 g/mol. The van der Waals surface area contributed by atoms with E-state index >= 15 is 0 Å². The number of benzene rings is 1. The molecule has 0 fully saturated rings. The summed E-state index contributed by atoms with van der Waals surface area (Å²) in [6.45, 7) is 3.85. The van der Waals surface area contributed by atoms with Crippen LogP contribution in [0.2, 0.25) is 0 Å². The summed E-state index contributed by atoms with van der Waals surface area (Å²) in [6, 6.07) is 6.38. The standard InChI is InChI=1S/C16H21N3O5/c1-10(2)9-23-16(22)24-14(21)8-7-13(20)19-12-5-3-11(4-6-12)15(17)18/h3-6,10H,7-9H2,1-2H3,(H3,17,18)(H,19,20). The molecule has 0 aliphatic carbocycles. The van der Waals surface area contributed by atoms with Gasteiger partial charge in [0.1, 0.15) is 5.84 Å². The quantitative estimate of drug-likeness (QED) is 0.302. The molecular weight excluding hydrogens is 314 g/mol. The van der Waals surface area contributed by atoms with Gasteiger partial charge in [-0.3, -0.25) is 15.0 Å². The molecule has 1 aromatic carbocycles. The average Bonchev–Trinajstić information content (AvgIpc) is 2.51. The van der Waals surface area contributed by atoms with Gasteiger partial charge in [0.05, 0.1) is 13.0 Å². The zero-order chi connectivity index (χ0) is 18.1. The Morgan fingerprint density at radius 2 is 1.79 bits per heavy atom. The van der Waals surface area contributed by atoms with E-state index in [9.17, 15) is 14.4 Å². The topological polar surface area (TPSA) is 132 Å². The second-order valence-electron chi connectivity index (χ2n) is 5.47. The van der Waals surface area contributed by atoms with Crippen molar-refractivity contribution in [1.82, 2.24) is 0 Å². The van der Waals surface area contributed by atoms with Gasteiger partial charge in [-0.1, -0.05) is 13.8 Å². The number of hydrogen-bond acceptors (Lipinski definition) is 6. The lowest BCUT2D eigenvalue weighted by Crippen LogP contribution is -2.18. The number of carbonyl (C=O) groups is 3. The van der Waals surface area contributed by atoms with Crippen LogP contribution in [-0.2, 0) is 19.1 Å². The van der Waals surface area contributed by atoms with Crippen molar-refractivity contribution < 1.29 is 23.9 Å². The van der Waals surface area contributed by atoms with Crippen molar-refractivity contribution in [3.63, 3.8) is 0 Å². The van der Waals surface area contributed by atoms with Gasteiger partial charge < -0.3 is 20.5 Å². The third kappa shape index (κ3) is 7.39. The van der Waals surface area contributed by atoms with Gasteiger partial charge in [-0.05, 0) is 30.2 Å². The fourth-order valence-corrected chi connectivity index (χ4v) is 1.58. The fourth-order valence-electron chi connectivity index (χ4n) is 1.58. The minimum absolute atomic E-state index is 0.0695. The van der Waals surface area contributed by atoms with E-state index in [1.54, 1.807) is 24.3 Å². The first-order valence-corrected chi connectivity index (χ1v) is 7.39. The van der Waals surface area contributed by atoms with E-state index in [4.69, 9.17) is 15.9 Å². The van der Waals surface area contributed by atoms with Crippen LogP contribution in [0.3, 0.4) is 0 Å². The lowest BCUT2D eigenvalue weighted by molar-refractivity contribution is -0.141. The smallest absolute Gasteiger partial charge is 0.434 e. The Labute approximate surface area is 139 Å². The summed E-state index contributed by atoms with van der Waals surface area (Å²) < 4.78 is 9.12. The largest absolute Gasteiger partial charge is 0.516 e. The van der Waals surface area contributed by atoms with Crippen LogP contribution in [0, 0.1) is 11.3 Å². The van der Waals surface area contributed by atoms with Gasteiger partial charge in [0, 0.05) is 17.7 Å². The first-order valence-electron chi connectivity index (χ1n) is 7.39. The van der Waals surface area contributed by atoms with Gasteiger partial charge in [-0.25, -0.2) is 4.79 Å². The van der Waals surface area contributed by atoms with E-state index in [-0.39, 0.29) is 31.2 Å². The first-order chi connectivity index (χ1) is 11.3. The number of amidine groups is 1. The van der Waals surface area contributed by atoms with Crippen molar-refractivity contribution >= 4 is 29.6 Å². The van der Waals surface area contributed by atoms with Crippen molar-refractivity contribution in [2.45, 2.75) is 26.7 Å². The van der Waals surface area contributed by atoms with Gasteiger partial charge in [0.2, 0.25) is 5.91 Å². The van der Waals surface area contributed by atoms with E-state index < -0.39 is 18.0 Å². The number of ether oxygens (including phenoxy) is 2. The number of nitrogens with two attached hydrogens (primary N) is 1. The fraction of sp³-hybridized carbons (Fsp3) is 0.375. The summed E-state index contributed by atoms with van der Waals surface area (Å²) in [5.41, 5.74) is 6.38. The van der Waals surface area contributed by atoms with Gasteiger partial charge in [-0.2, -0.15) is 0 Å². The molecule has 0 aliphatic rings. The van der Waals surface area contributed by atoms with E-state index in [0.717, 1.165) is 0 Å².